The minimum Gasteiger partial charge on any atom is -0.394 e. The van der Waals surface area contributed by atoms with Gasteiger partial charge in [-0.05, 0) is 51.3 Å². The fourth-order valence-electron chi connectivity index (χ4n) is 2.98. The van der Waals surface area contributed by atoms with Crippen molar-refractivity contribution < 1.29 is 39.5 Å². The highest BCUT2D eigenvalue weighted by Gasteiger charge is 2.46. The predicted molar refractivity (Wildman–Crippen MR) is 106 cm³/mol. The highest BCUT2D eigenvalue weighted by Crippen LogP contribution is 2.29. The Morgan fingerprint density at radius 3 is 2.24 bits per heavy atom. The lowest BCUT2D eigenvalue weighted by Crippen LogP contribution is -2.60. The SMILES string of the molecule is C=C[C@@](C)(CCC(=O)/C(C)=C/C(C)=C/C(C)=O)O[C@H]1O[C@H](CO)[C@@H](O)[C@H](O)[C@H]1O. The van der Waals surface area contributed by atoms with Crippen LogP contribution in [-0.2, 0) is 19.1 Å². The molecule has 1 fully saturated rings. The van der Waals surface area contributed by atoms with E-state index in [0.29, 0.717) is 11.1 Å². The maximum atomic E-state index is 12.4. The number of hydrogen-bond acceptors (Lipinski definition) is 8. The molecule has 29 heavy (non-hydrogen) atoms. The molecule has 6 atom stereocenters. The summed E-state index contributed by atoms with van der Waals surface area (Å²) in [6, 6.07) is 0. The molecule has 0 aromatic rings. The first kappa shape index (κ1) is 25.4. The molecule has 1 saturated heterocycles. The van der Waals surface area contributed by atoms with E-state index in [0.717, 1.165) is 0 Å². The normalized spacial score (nSPS) is 30.6. The van der Waals surface area contributed by atoms with Crippen LogP contribution in [0.5, 0.6) is 0 Å². The number of ether oxygens (including phenoxy) is 2. The maximum absolute atomic E-state index is 12.4. The van der Waals surface area contributed by atoms with Gasteiger partial charge in [-0.25, -0.2) is 0 Å². The molecular formula is C21H32O8. The number of Topliss-reactive ketones (excluding diaryl/α,β-unsaturated/α-hetero) is 1. The average molecular weight is 412 g/mol. The fraction of sp³-hybridized carbons (Fsp3) is 0.619. The van der Waals surface area contributed by atoms with Gasteiger partial charge in [0.1, 0.15) is 24.4 Å². The lowest BCUT2D eigenvalue weighted by atomic mass is 9.94. The summed E-state index contributed by atoms with van der Waals surface area (Å²) in [6.45, 7) is 9.61. The summed E-state index contributed by atoms with van der Waals surface area (Å²) >= 11 is 0. The van der Waals surface area contributed by atoms with Crippen molar-refractivity contribution in [2.45, 2.75) is 76.8 Å². The maximum Gasteiger partial charge on any atom is 0.187 e. The van der Waals surface area contributed by atoms with Crippen LogP contribution in [0.25, 0.3) is 0 Å². The molecule has 4 N–H and O–H groups in total. The van der Waals surface area contributed by atoms with Crippen LogP contribution < -0.4 is 0 Å². The Morgan fingerprint density at radius 1 is 1.10 bits per heavy atom. The Morgan fingerprint density at radius 2 is 1.72 bits per heavy atom. The smallest absolute Gasteiger partial charge is 0.187 e. The molecule has 0 aliphatic carbocycles. The van der Waals surface area contributed by atoms with Crippen LogP contribution in [0.3, 0.4) is 0 Å². The number of carbonyl (C=O) groups is 2. The molecule has 1 rings (SSSR count). The number of aliphatic hydroxyl groups excluding tert-OH is 4. The molecule has 0 amide bonds. The second-order valence-corrected chi connectivity index (χ2v) is 7.58. The standard InChI is InChI=1S/C21H32O8/c1-6-21(5,8-7-15(24)13(3)9-12(2)10-14(4)23)29-20-19(27)18(26)17(25)16(11-22)28-20/h6,9-10,16-20,22,25-27H,1,7-8,11H2,2-5H3/b12-10+,13-9+/t16-,17-,18+,19-,20-,21+/m1/s1. The Labute approximate surface area is 171 Å². The first-order valence-corrected chi connectivity index (χ1v) is 9.46. The molecule has 0 unspecified atom stereocenters. The van der Waals surface area contributed by atoms with E-state index in [1.807, 2.05) is 0 Å². The van der Waals surface area contributed by atoms with E-state index >= 15 is 0 Å². The molecule has 0 bridgehead atoms. The van der Waals surface area contributed by atoms with Crippen LogP contribution in [0.15, 0.2) is 36.0 Å². The van der Waals surface area contributed by atoms with Crippen LogP contribution >= 0.6 is 0 Å². The minimum atomic E-state index is -1.55. The quantitative estimate of drug-likeness (QED) is 0.233. The van der Waals surface area contributed by atoms with Gasteiger partial charge < -0.3 is 29.9 Å². The van der Waals surface area contributed by atoms with Crippen LogP contribution in [0.4, 0.5) is 0 Å². The summed E-state index contributed by atoms with van der Waals surface area (Å²) < 4.78 is 11.1. The number of hydrogen-bond donors (Lipinski definition) is 4. The third-order valence-electron chi connectivity index (χ3n) is 4.83. The topological polar surface area (TPSA) is 134 Å². The van der Waals surface area contributed by atoms with E-state index in [2.05, 4.69) is 6.58 Å². The molecular weight excluding hydrogens is 380 g/mol. The Hall–Kier alpha value is -1.68. The first-order valence-electron chi connectivity index (χ1n) is 9.46. The summed E-state index contributed by atoms with van der Waals surface area (Å²) in [5.41, 5.74) is 0.0834. The van der Waals surface area contributed by atoms with Crippen LogP contribution in [0.1, 0.15) is 40.5 Å². The number of aliphatic hydroxyl groups is 4. The van der Waals surface area contributed by atoms with Crippen molar-refractivity contribution in [2.24, 2.45) is 0 Å². The summed E-state index contributed by atoms with van der Waals surface area (Å²) in [7, 11) is 0. The third kappa shape index (κ3) is 7.26. The van der Waals surface area contributed by atoms with Crippen molar-refractivity contribution >= 4 is 11.6 Å². The molecule has 8 nitrogen and oxygen atoms in total. The van der Waals surface area contributed by atoms with Crippen molar-refractivity contribution in [3.05, 3.63) is 36.0 Å². The van der Waals surface area contributed by atoms with E-state index in [1.165, 1.54) is 19.1 Å². The van der Waals surface area contributed by atoms with Gasteiger partial charge in [0.2, 0.25) is 0 Å². The van der Waals surface area contributed by atoms with E-state index in [-0.39, 0.29) is 24.4 Å². The summed E-state index contributed by atoms with van der Waals surface area (Å²) in [6.07, 6.45) is -2.13. The van der Waals surface area contributed by atoms with Crippen LogP contribution in [0, 0.1) is 0 Å². The highest BCUT2D eigenvalue weighted by atomic mass is 16.7. The van der Waals surface area contributed by atoms with Crippen molar-refractivity contribution in [3.8, 4) is 0 Å². The Kier molecular flexibility index (Phi) is 9.54. The van der Waals surface area contributed by atoms with Crippen molar-refractivity contribution in [1.82, 2.24) is 0 Å². The summed E-state index contributed by atoms with van der Waals surface area (Å²) in [5.74, 6) is -0.252. The Bertz CT molecular complexity index is 666. The lowest BCUT2D eigenvalue weighted by molar-refractivity contribution is -0.319. The summed E-state index contributed by atoms with van der Waals surface area (Å²) in [4.78, 5) is 23.5. The van der Waals surface area contributed by atoms with Gasteiger partial charge in [0.15, 0.2) is 17.9 Å². The molecule has 8 heteroatoms. The molecule has 164 valence electrons. The van der Waals surface area contributed by atoms with Gasteiger partial charge in [-0.2, -0.15) is 0 Å². The molecule has 0 aromatic carbocycles. The highest BCUT2D eigenvalue weighted by molar-refractivity contribution is 5.95. The zero-order valence-electron chi connectivity index (χ0n) is 17.4. The van der Waals surface area contributed by atoms with Gasteiger partial charge in [0.05, 0.1) is 12.2 Å². The van der Waals surface area contributed by atoms with Crippen molar-refractivity contribution in [1.29, 1.82) is 0 Å². The second kappa shape index (κ2) is 10.9. The minimum absolute atomic E-state index is 0.105. The molecule has 1 aliphatic heterocycles. The van der Waals surface area contributed by atoms with Crippen molar-refractivity contribution in [3.63, 3.8) is 0 Å². The molecule has 0 aromatic heterocycles. The van der Waals surface area contributed by atoms with Gasteiger partial charge in [-0.3, -0.25) is 9.59 Å². The number of carbonyl (C=O) groups excluding carboxylic acids is 2. The van der Waals surface area contributed by atoms with Gasteiger partial charge in [0, 0.05) is 6.42 Å². The molecule has 0 radical (unpaired) electrons. The van der Waals surface area contributed by atoms with E-state index in [9.17, 15) is 30.0 Å². The Balaban J connectivity index is 2.80. The van der Waals surface area contributed by atoms with E-state index < -0.39 is 42.9 Å². The van der Waals surface area contributed by atoms with Gasteiger partial charge in [0.25, 0.3) is 0 Å². The summed E-state index contributed by atoms with van der Waals surface area (Å²) in [5, 5.41) is 39.1. The number of ketones is 2. The van der Waals surface area contributed by atoms with Gasteiger partial charge >= 0.3 is 0 Å². The van der Waals surface area contributed by atoms with Gasteiger partial charge in [-0.1, -0.05) is 12.2 Å². The largest absolute Gasteiger partial charge is 0.394 e. The van der Waals surface area contributed by atoms with E-state index in [4.69, 9.17) is 9.47 Å². The predicted octanol–water partition coefficient (Wildman–Crippen LogP) is 0.578. The molecule has 1 heterocycles. The second-order valence-electron chi connectivity index (χ2n) is 7.58. The average Bonchev–Trinajstić information content (AvgIpc) is 2.65. The molecule has 1 aliphatic rings. The van der Waals surface area contributed by atoms with Crippen molar-refractivity contribution in [2.75, 3.05) is 6.61 Å². The zero-order chi connectivity index (χ0) is 22.4. The zero-order valence-corrected chi connectivity index (χ0v) is 17.4. The van der Waals surface area contributed by atoms with Gasteiger partial charge in [-0.15, -0.1) is 6.58 Å². The molecule has 0 saturated carbocycles. The monoisotopic (exact) mass is 412 g/mol. The first-order chi connectivity index (χ1) is 13.4. The fourth-order valence-corrected chi connectivity index (χ4v) is 2.98. The molecule has 0 spiro atoms. The van der Waals surface area contributed by atoms with Crippen LogP contribution in [0.2, 0.25) is 0 Å². The van der Waals surface area contributed by atoms with Crippen LogP contribution in [-0.4, -0.2) is 74.9 Å². The lowest BCUT2D eigenvalue weighted by Gasteiger charge is -2.42. The number of allylic oxidation sites excluding steroid dienone is 4. The van der Waals surface area contributed by atoms with E-state index in [1.54, 1.807) is 26.8 Å². The number of rotatable bonds is 10. The third-order valence-corrected chi connectivity index (χ3v) is 4.83.